The molecule has 162 valence electrons. The molecule has 0 unspecified atom stereocenters. The lowest BCUT2D eigenvalue weighted by Crippen LogP contribution is -2.05. The van der Waals surface area contributed by atoms with Crippen LogP contribution in [0.3, 0.4) is 0 Å². The molecule has 1 heterocycles. The molecule has 0 saturated carbocycles. The normalized spacial score (nSPS) is 14.3. The maximum Gasteiger partial charge on any atom is 0.363 e. The summed E-state index contributed by atoms with van der Waals surface area (Å²) in [6.07, 6.45) is 1.56. The van der Waals surface area contributed by atoms with E-state index in [0.717, 1.165) is 10.0 Å². The summed E-state index contributed by atoms with van der Waals surface area (Å²) in [7, 11) is 1.49. The number of esters is 1. The molecule has 0 bridgehead atoms. The molecule has 32 heavy (non-hydrogen) atoms. The maximum absolute atomic E-state index is 13.1. The standard InChI is InChI=1S/C24H16BrClFNO4/c1-30-21-11-15(9-19(26)22(21)31-13-14-5-7-18(27)8-6-14)10-20-24(29)32-23(28-20)16-3-2-4-17(25)12-16/h2-12H,13H2,1H3/b20-10-. The van der Waals surface area contributed by atoms with Gasteiger partial charge in [-0.1, -0.05) is 45.7 Å². The average Bonchev–Trinajstić information content (AvgIpc) is 3.14. The van der Waals surface area contributed by atoms with Crippen LogP contribution in [0.5, 0.6) is 11.5 Å². The van der Waals surface area contributed by atoms with Crippen molar-refractivity contribution in [3.63, 3.8) is 0 Å². The van der Waals surface area contributed by atoms with Crippen molar-refractivity contribution in [2.24, 2.45) is 4.99 Å². The first-order valence-corrected chi connectivity index (χ1v) is 10.6. The molecule has 3 aromatic carbocycles. The molecule has 0 atom stereocenters. The average molecular weight is 517 g/mol. The zero-order chi connectivity index (χ0) is 22.7. The largest absolute Gasteiger partial charge is 0.493 e. The molecule has 0 aromatic heterocycles. The van der Waals surface area contributed by atoms with Crippen molar-refractivity contribution >= 4 is 45.5 Å². The van der Waals surface area contributed by atoms with Gasteiger partial charge in [-0.05, 0) is 59.7 Å². The number of hydrogen-bond donors (Lipinski definition) is 0. The zero-order valence-electron chi connectivity index (χ0n) is 16.8. The molecular formula is C24H16BrClFNO4. The molecular weight excluding hydrogens is 501 g/mol. The minimum absolute atomic E-state index is 0.137. The van der Waals surface area contributed by atoms with E-state index in [1.54, 1.807) is 36.4 Å². The Kier molecular flexibility index (Phi) is 6.58. The highest BCUT2D eigenvalue weighted by Gasteiger charge is 2.24. The Hall–Kier alpha value is -3.16. The number of nitrogens with zero attached hydrogens (tertiary/aromatic N) is 1. The third-order valence-corrected chi connectivity index (χ3v) is 5.32. The summed E-state index contributed by atoms with van der Waals surface area (Å²) in [5.41, 5.74) is 2.18. The predicted octanol–water partition coefficient (Wildman–Crippen LogP) is 6.17. The molecule has 0 radical (unpaired) electrons. The number of carbonyl (C=O) groups is 1. The highest BCUT2D eigenvalue weighted by Crippen LogP contribution is 2.38. The number of cyclic esters (lactones) is 1. The van der Waals surface area contributed by atoms with E-state index in [4.69, 9.17) is 25.8 Å². The summed E-state index contributed by atoms with van der Waals surface area (Å²) in [5, 5.41) is 0.292. The first-order valence-electron chi connectivity index (χ1n) is 9.46. The molecule has 0 saturated heterocycles. The van der Waals surface area contributed by atoms with Gasteiger partial charge in [-0.2, -0.15) is 0 Å². The van der Waals surface area contributed by atoms with Gasteiger partial charge < -0.3 is 14.2 Å². The Morgan fingerprint density at radius 3 is 2.66 bits per heavy atom. The number of ether oxygens (including phenoxy) is 3. The fourth-order valence-electron chi connectivity index (χ4n) is 3.01. The van der Waals surface area contributed by atoms with Gasteiger partial charge in [0.05, 0.1) is 12.1 Å². The van der Waals surface area contributed by atoms with Crippen LogP contribution in [0.25, 0.3) is 6.08 Å². The van der Waals surface area contributed by atoms with Crippen molar-refractivity contribution in [3.8, 4) is 11.5 Å². The van der Waals surface area contributed by atoms with Gasteiger partial charge in [0.1, 0.15) is 12.4 Å². The Balaban J connectivity index is 1.59. The lowest BCUT2D eigenvalue weighted by molar-refractivity contribution is -0.129. The first-order chi connectivity index (χ1) is 15.4. The highest BCUT2D eigenvalue weighted by atomic mass is 79.9. The van der Waals surface area contributed by atoms with Crippen LogP contribution in [0, 0.1) is 5.82 Å². The Morgan fingerprint density at radius 1 is 1.16 bits per heavy atom. The molecule has 8 heteroatoms. The predicted molar refractivity (Wildman–Crippen MR) is 123 cm³/mol. The van der Waals surface area contributed by atoms with E-state index in [1.165, 1.54) is 19.2 Å². The third kappa shape index (κ3) is 5.00. The van der Waals surface area contributed by atoms with Gasteiger partial charge in [0.15, 0.2) is 17.2 Å². The van der Waals surface area contributed by atoms with Crippen molar-refractivity contribution < 1.29 is 23.4 Å². The van der Waals surface area contributed by atoms with E-state index >= 15 is 0 Å². The Bertz CT molecular complexity index is 1240. The number of aliphatic imine (C=N–C) groups is 1. The minimum atomic E-state index is -0.563. The van der Waals surface area contributed by atoms with E-state index in [0.29, 0.717) is 27.6 Å². The minimum Gasteiger partial charge on any atom is -0.493 e. The monoisotopic (exact) mass is 515 g/mol. The zero-order valence-corrected chi connectivity index (χ0v) is 19.1. The summed E-state index contributed by atoms with van der Waals surface area (Å²) in [6.45, 7) is 0.184. The Morgan fingerprint density at radius 2 is 1.94 bits per heavy atom. The van der Waals surface area contributed by atoms with E-state index in [2.05, 4.69) is 20.9 Å². The summed E-state index contributed by atoms with van der Waals surface area (Å²) < 4.78 is 30.4. The lowest BCUT2D eigenvalue weighted by Gasteiger charge is -2.13. The van der Waals surface area contributed by atoms with Gasteiger partial charge in [0, 0.05) is 10.0 Å². The van der Waals surface area contributed by atoms with Crippen LogP contribution in [0.15, 0.2) is 75.8 Å². The third-order valence-electron chi connectivity index (χ3n) is 4.54. The second-order valence-corrected chi connectivity index (χ2v) is 8.12. The van der Waals surface area contributed by atoms with E-state index in [9.17, 15) is 9.18 Å². The number of benzene rings is 3. The van der Waals surface area contributed by atoms with E-state index in [-0.39, 0.29) is 24.0 Å². The SMILES string of the molecule is COc1cc(/C=C2\N=C(c3cccc(Br)c3)OC2=O)cc(Cl)c1OCc1ccc(F)cc1. The summed E-state index contributed by atoms with van der Waals surface area (Å²) in [4.78, 5) is 16.6. The summed E-state index contributed by atoms with van der Waals surface area (Å²) in [6, 6.07) is 16.6. The van der Waals surface area contributed by atoms with Gasteiger partial charge in [-0.15, -0.1) is 0 Å². The number of hydrogen-bond acceptors (Lipinski definition) is 5. The summed E-state index contributed by atoms with van der Waals surface area (Å²) in [5.74, 6) is 0.0615. The second kappa shape index (κ2) is 9.54. The van der Waals surface area contributed by atoms with Gasteiger partial charge >= 0.3 is 5.97 Å². The van der Waals surface area contributed by atoms with Crippen molar-refractivity contribution in [1.82, 2.24) is 0 Å². The van der Waals surface area contributed by atoms with Gasteiger partial charge in [0.2, 0.25) is 5.90 Å². The topological polar surface area (TPSA) is 57.1 Å². The fraction of sp³-hybridized carbons (Fsp3) is 0.0833. The van der Waals surface area contributed by atoms with E-state index in [1.807, 2.05) is 18.2 Å². The highest BCUT2D eigenvalue weighted by molar-refractivity contribution is 9.10. The molecule has 0 fully saturated rings. The van der Waals surface area contributed by atoms with Crippen LogP contribution in [-0.4, -0.2) is 19.0 Å². The molecule has 5 nitrogen and oxygen atoms in total. The van der Waals surface area contributed by atoms with Crippen LogP contribution in [0.1, 0.15) is 16.7 Å². The molecule has 1 aliphatic heterocycles. The van der Waals surface area contributed by atoms with Crippen molar-refractivity contribution in [3.05, 3.63) is 98.4 Å². The smallest absolute Gasteiger partial charge is 0.363 e. The number of methoxy groups -OCH3 is 1. The number of carbonyl (C=O) groups excluding carboxylic acids is 1. The first kappa shape index (κ1) is 22.0. The molecule has 3 aromatic rings. The molecule has 0 N–H and O–H groups in total. The molecule has 1 aliphatic rings. The summed E-state index contributed by atoms with van der Waals surface area (Å²) >= 11 is 9.80. The number of halogens is 3. The number of rotatable bonds is 6. The van der Waals surface area contributed by atoms with Gasteiger partial charge in [0.25, 0.3) is 0 Å². The Labute approximate surface area is 197 Å². The van der Waals surface area contributed by atoms with E-state index < -0.39 is 5.97 Å². The van der Waals surface area contributed by atoms with Crippen LogP contribution < -0.4 is 9.47 Å². The maximum atomic E-state index is 13.1. The van der Waals surface area contributed by atoms with Crippen LogP contribution in [-0.2, 0) is 16.1 Å². The quantitative estimate of drug-likeness (QED) is 0.290. The molecule has 4 rings (SSSR count). The van der Waals surface area contributed by atoms with Gasteiger partial charge in [-0.3, -0.25) is 0 Å². The lowest BCUT2D eigenvalue weighted by atomic mass is 10.1. The van der Waals surface area contributed by atoms with Crippen LogP contribution in [0.2, 0.25) is 5.02 Å². The fourth-order valence-corrected chi connectivity index (χ4v) is 3.68. The molecule has 0 spiro atoms. The molecule has 0 aliphatic carbocycles. The van der Waals surface area contributed by atoms with Crippen molar-refractivity contribution in [1.29, 1.82) is 0 Å². The van der Waals surface area contributed by atoms with Crippen molar-refractivity contribution in [2.75, 3.05) is 7.11 Å². The van der Waals surface area contributed by atoms with Crippen LogP contribution in [0.4, 0.5) is 4.39 Å². The second-order valence-electron chi connectivity index (χ2n) is 6.80. The van der Waals surface area contributed by atoms with Gasteiger partial charge in [-0.25, -0.2) is 14.2 Å². The molecule has 0 amide bonds. The van der Waals surface area contributed by atoms with Crippen molar-refractivity contribution in [2.45, 2.75) is 6.61 Å². The van der Waals surface area contributed by atoms with Crippen LogP contribution >= 0.6 is 27.5 Å².